The van der Waals surface area contributed by atoms with Crippen LogP contribution in [0.4, 0.5) is 0 Å². The molecule has 70 valence electrons. The second-order valence-electron chi connectivity index (χ2n) is 5.32. The maximum absolute atomic E-state index is 2.38. The van der Waals surface area contributed by atoms with Crippen molar-refractivity contribution in [1.29, 1.82) is 0 Å². The normalized spacial score (nSPS) is 40.8. The summed E-state index contributed by atoms with van der Waals surface area (Å²) in [5, 5.41) is 0. The molecule has 0 aromatic heterocycles. The van der Waals surface area contributed by atoms with E-state index in [9.17, 15) is 0 Å². The summed E-state index contributed by atoms with van der Waals surface area (Å²) in [5.74, 6) is 4.31. The van der Waals surface area contributed by atoms with Crippen molar-refractivity contribution < 1.29 is 0 Å². The van der Waals surface area contributed by atoms with Crippen LogP contribution in [0.1, 0.15) is 52.4 Å². The second-order valence-corrected chi connectivity index (χ2v) is 5.32. The Morgan fingerprint density at radius 2 is 1.58 bits per heavy atom. The summed E-state index contributed by atoms with van der Waals surface area (Å²) in [6.07, 6.45) is 9.26. The first-order valence-corrected chi connectivity index (χ1v) is 5.77. The largest absolute Gasteiger partial charge is 0.0628 e. The lowest BCUT2D eigenvalue weighted by Crippen LogP contribution is -2.21. The van der Waals surface area contributed by atoms with Crippen molar-refractivity contribution in [3.8, 4) is 0 Å². The van der Waals surface area contributed by atoms with Crippen molar-refractivity contribution in [3.05, 3.63) is 0 Å². The molecule has 0 aromatic carbocycles. The van der Waals surface area contributed by atoms with Crippen LogP contribution in [0.2, 0.25) is 0 Å². The Morgan fingerprint density at radius 1 is 1.00 bits per heavy atom. The van der Waals surface area contributed by atoms with E-state index in [0.29, 0.717) is 0 Å². The fourth-order valence-electron chi connectivity index (χ4n) is 3.53. The predicted octanol–water partition coefficient (Wildman–Crippen LogP) is 3.86. The van der Waals surface area contributed by atoms with E-state index in [-0.39, 0.29) is 0 Å². The van der Waals surface area contributed by atoms with Crippen LogP contribution in [-0.2, 0) is 0 Å². The Labute approximate surface area is 76.7 Å². The molecule has 0 N–H and O–H groups in total. The molecule has 2 rings (SSSR count). The van der Waals surface area contributed by atoms with Gasteiger partial charge in [0.25, 0.3) is 0 Å². The molecule has 0 nitrogen and oxygen atoms in total. The van der Waals surface area contributed by atoms with E-state index in [1.54, 1.807) is 25.7 Å². The molecule has 2 aliphatic rings. The van der Waals surface area contributed by atoms with E-state index in [1.807, 2.05) is 0 Å². The average molecular weight is 166 g/mol. The Morgan fingerprint density at radius 3 is 2.08 bits per heavy atom. The summed E-state index contributed by atoms with van der Waals surface area (Å²) < 4.78 is 0. The molecule has 2 unspecified atom stereocenters. The third-order valence-electron chi connectivity index (χ3n) is 4.01. The van der Waals surface area contributed by atoms with Crippen molar-refractivity contribution in [1.82, 2.24) is 0 Å². The lowest BCUT2D eigenvalue weighted by Gasteiger charge is -2.31. The average Bonchev–Trinajstić information content (AvgIpc) is 2.30. The van der Waals surface area contributed by atoms with Crippen molar-refractivity contribution in [2.24, 2.45) is 23.7 Å². The van der Waals surface area contributed by atoms with E-state index in [1.165, 1.54) is 12.8 Å². The lowest BCUT2D eigenvalue weighted by atomic mass is 9.75. The minimum absolute atomic E-state index is 0.927. The van der Waals surface area contributed by atoms with Gasteiger partial charge in [0.05, 0.1) is 0 Å². The Balaban J connectivity index is 1.96. The molecule has 0 saturated heterocycles. The highest BCUT2D eigenvalue weighted by Crippen LogP contribution is 2.49. The zero-order valence-corrected chi connectivity index (χ0v) is 8.55. The molecule has 12 heavy (non-hydrogen) atoms. The van der Waals surface area contributed by atoms with Gasteiger partial charge < -0.3 is 0 Å². The number of rotatable bonds is 2. The molecular formula is C12H22. The third kappa shape index (κ3) is 1.53. The van der Waals surface area contributed by atoms with Crippen LogP contribution in [0.5, 0.6) is 0 Å². The van der Waals surface area contributed by atoms with Crippen LogP contribution >= 0.6 is 0 Å². The van der Waals surface area contributed by atoms with Gasteiger partial charge in [-0.15, -0.1) is 0 Å². The first-order valence-electron chi connectivity index (χ1n) is 5.77. The second kappa shape index (κ2) is 3.40. The van der Waals surface area contributed by atoms with Gasteiger partial charge >= 0.3 is 0 Å². The zero-order chi connectivity index (χ0) is 8.55. The number of hydrogen-bond donors (Lipinski definition) is 0. The molecule has 2 saturated carbocycles. The van der Waals surface area contributed by atoms with Crippen LogP contribution in [-0.4, -0.2) is 0 Å². The molecule has 0 aliphatic heterocycles. The summed E-state index contributed by atoms with van der Waals surface area (Å²) in [5.41, 5.74) is 0. The van der Waals surface area contributed by atoms with Gasteiger partial charge in [-0.1, -0.05) is 33.1 Å². The molecule has 0 heterocycles. The fourth-order valence-corrected chi connectivity index (χ4v) is 3.53. The highest BCUT2D eigenvalue weighted by molar-refractivity contribution is 4.89. The predicted molar refractivity (Wildman–Crippen MR) is 53.0 cm³/mol. The van der Waals surface area contributed by atoms with Gasteiger partial charge in [0, 0.05) is 0 Å². The van der Waals surface area contributed by atoms with E-state index >= 15 is 0 Å². The molecule has 2 bridgehead atoms. The van der Waals surface area contributed by atoms with Crippen LogP contribution in [0.25, 0.3) is 0 Å². The summed E-state index contributed by atoms with van der Waals surface area (Å²) in [4.78, 5) is 0. The van der Waals surface area contributed by atoms with Gasteiger partial charge in [0.1, 0.15) is 0 Å². The van der Waals surface area contributed by atoms with Crippen molar-refractivity contribution in [3.63, 3.8) is 0 Å². The molecule has 0 spiro atoms. The van der Waals surface area contributed by atoms with Crippen LogP contribution in [0.15, 0.2) is 0 Å². The summed E-state index contributed by atoms with van der Waals surface area (Å²) in [6, 6.07) is 0. The van der Waals surface area contributed by atoms with E-state index in [0.717, 1.165) is 23.7 Å². The van der Waals surface area contributed by atoms with Crippen LogP contribution in [0.3, 0.4) is 0 Å². The Kier molecular flexibility index (Phi) is 2.43. The van der Waals surface area contributed by atoms with Crippen molar-refractivity contribution in [2.75, 3.05) is 0 Å². The first-order chi connectivity index (χ1) is 5.77. The zero-order valence-electron chi connectivity index (χ0n) is 8.55. The van der Waals surface area contributed by atoms with Gasteiger partial charge in [-0.05, 0) is 42.9 Å². The van der Waals surface area contributed by atoms with E-state index < -0.39 is 0 Å². The summed E-state index contributed by atoms with van der Waals surface area (Å²) >= 11 is 0. The third-order valence-corrected chi connectivity index (χ3v) is 4.01. The monoisotopic (exact) mass is 166 g/mol. The highest BCUT2D eigenvalue weighted by atomic mass is 14.4. The topological polar surface area (TPSA) is 0 Å². The van der Waals surface area contributed by atoms with Crippen LogP contribution in [0, 0.1) is 23.7 Å². The number of fused-ring (bicyclic) bond motifs is 2. The molecule has 2 atom stereocenters. The minimum atomic E-state index is 0.927. The summed E-state index contributed by atoms with van der Waals surface area (Å²) in [6.45, 7) is 4.77. The Hall–Kier alpha value is 0. The SMILES string of the molecule is CC(C)CC1C2CCCC1CC2. The Bertz CT molecular complexity index is 132. The van der Waals surface area contributed by atoms with Crippen LogP contribution < -0.4 is 0 Å². The van der Waals surface area contributed by atoms with E-state index in [4.69, 9.17) is 0 Å². The first kappa shape index (κ1) is 8.59. The van der Waals surface area contributed by atoms with Gasteiger partial charge in [-0.2, -0.15) is 0 Å². The van der Waals surface area contributed by atoms with Crippen molar-refractivity contribution >= 4 is 0 Å². The smallest absolute Gasteiger partial charge is 0.0355 e. The molecule has 2 fully saturated rings. The molecular weight excluding hydrogens is 144 g/mol. The van der Waals surface area contributed by atoms with Gasteiger partial charge in [-0.3, -0.25) is 0 Å². The number of hydrogen-bond acceptors (Lipinski definition) is 0. The van der Waals surface area contributed by atoms with Gasteiger partial charge in [0.2, 0.25) is 0 Å². The van der Waals surface area contributed by atoms with E-state index in [2.05, 4.69) is 13.8 Å². The maximum Gasteiger partial charge on any atom is -0.0355 e. The van der Waals surface area contributed by atoms with Gasteiger partial charge in [0.15, 0.2) is 0 Å². The fraction of sp³-hybridized carbons (Fsp3) is 1.00. The van der Waals surface area contributed by atoms with Gasteiger partial charge in [-0.25, -0.2) is 0 Å². The molecule has 0 aromatic rings. The maximum atomic E-state index is 2.38. The molecule has 0 heteroatoms. The van der Waals surface area contributed by atoms with Crippen molar-refractivity contribution in [2.45, 2.75) is 52.4 Å². The standard InChI is InChI=1S/C12H22/c1-9(2)8-12-10-4-3-5-11(12)7-6-10/h9-12H,3-8H2,1-2H3. The lowest BCUT2D eigenvalue weighted by molar-refractivity contribution is 0.195. The molecule has 2 aliphatic carbocycles. The highest BCUT2D eigenvalue weighted by Gasteiger charge is 2.38. The quantitative estimate of drug-likeness (QED) is 0.584. The molecule has 0 radical (unpaired) electrons. The minimum Gasteiger partial charge on any atom is -0.0628 e. The molecule has 0 amide bonds. The summed E-state index contributed by atoms with van der Waals surface area (Å²) in [7, 11) is 0.